The van der Waals surface area contributed by atoms with Gasteiger partial charge in [0.1, 0.15) is 0 Å². The van der Waals surface area contributed by atoms with Gasteiger partial charge in [0.25, 0.3) is 0 Å². The first-order valence-corrected chi connectivity index (χ1v) is 9.41. The van der Waals surface area contributed by atoms with Crippen LogP contribution in [0.4, 0.5) is 24.5 Å². The first-order valence-electron chi connectivity index (χ1n) is 9.41. The van der Waals surface area contributed by atoms with Crippen molar-refractivity contribution in [3.05, 3.63) is 59.9 Å². The van der Waals surface area contributed by atoms with Crippen LogP contribution in [0.25, 0.3) is 0 Å². The van der Waals surface area contributed by atoms with Crippen LogP contribution in [0, 0.1) is 23.4 Å². The average molecular weight is 405 g/mol. The Bertz CT molecular complexity index is 884. The second kappa shape index (κ2) is 9.09. The lowest BCUT2D eigenvalue weighted by molar-refractivity contribution is -0.123. The Labute approximate surface area is 166 Å². The minimum absolute atomic E-state index is 0.0585. The number of nitrogens with zero attached hydrogens (tertiary/aromatic N) is 1. The van der Waals surface area contributed by atoms with Gasteiger partial charge in [-0.3, -0.25) is 14.5 Å². The highest BCUT2D eigenvalue weighted by molar-refractivity contribution is 5.95. The Morgan fingerprint density at radius 1 is 0.966 bits per heavy atom. The number of carbonyl (C=O) groups is 2. The predicted octanol–water partition coefficient (Wildman–Crippen LogP) is 3.78. The molecule has 1 saturated heterocycles. The SMILES string of the molecule is C[C@H](C(=O)Nc1ccc(F)c(F)c1F)N1CCC(C(=O)Nc2ccccc2)CC1. The summed E-state index contributed by atoms with van der Waals surface area (Å²) in [4.78, 5) is 26.7. The van der Waals surface area contributed by atoms with Gasteiger partial charge in [-0.15, -0.1) is 0 Å². The highest BCUT2D eigenvalue weighted by Crippen LogP contribution is 2.23. The molecular formula is C21H22F3N3O2. The molecule has 29 heavy (non-hydrogen) atoms. The normalized spacial score (nSPS) is 16.3. The Morgan fingerprint density at radius 2 is 1.62 bits per heavy atom. The fourth-order valence-electron chi connectivity index (χ4n) is 3.34. The zero-order valence-electron chi connectivity index (χ0n) is 15.9. The highest BCUT2D eigenvalue weighted by atomic mass is 19.2. The summed E-state index contributed by atoms with van der Waals surface area (Å²) in [6, 6.07) is 10.3. The quantitative estimate of drug-likeness (QED) is 0.745. The van der Waals surface area contributed by atoms with Gasteiger partial charge in [0, 0.05) is 11.6 Å². The van der Waals surface area contributed by atoms with Crippen molar-refractivity contribution >= 4 is 23.2 Å². The van der Waals surface area contributed by atoms with Crippen LogP contribution in [0.2, 0.25) is 0 Å². The number of piperidine rings is 1. The molecule has 1 fully saturated rings. The van der Waals surface area contributed by atoms with Gasteiger partial charge in [-0.1, -0.05) is 18.2 Å². The smallest absolute Gasteiger partial charge is 0.241 e. The molecule has 0 spiro atoms. The molecule has 1 aliphatic rings. The molecule has 0 saturated carbocycles. The van der Waals surface area contributed by atoms with Crippen molar-refractivity contribution < 1.29 is 22.8 Å². The van der Waals surface area contributed by atoms with Gasteiger partial charge in [0.2, 0.25) is 11.8 Å². The van der Waals surface area contributed by atoms with Gasteiger partial charge in [0.15, 0.2) is 17.5 Å². The number of likely N-dealkylation sites (tertiary alicyclic amines) is 1. The number of carbonyl (C=O) groups excluding carboxylic acids is 2. The largest absolute Gasteiger partial charge is 0.326 e. The molecule has 2 aromatic carbocycles. The third-order valence-electron chi connectivity index (χ3n) is 5.16. The van der Waals surface area contributed by atoms with Gasteiger partial charge in [-0.05, 0) is 57.1 Å². The third-order valence-corrected chi connectivity index (χ3v) is 5.16. The lowest BCUT2D eigenvalue weighted by atomic mass is 9.94. The molecule has 3 rings (SSSR count). The molecule has 0 aromatic heterocycles. The van der Waals surface area contributed by atoms with E-state index < -0.39 is 35.1 Å². The van der Waals surface area contributed by atoms with E-state index in [1.165, 1.54) is 0 Å². The summed E-state index contributed by atoms with van der Waals surface area (Å²) in [6.45, 7) is 2.68. The number of para-hydroxylation sites is 1. The average Bonchev–Trinajstić information content (AvgIpc) is 2.74. The van der Waals surface area contributed by atoms with Crippen molar-refractivity contribution in [2.75, 3.05) is 23.7 Å². The summed E-state index contributed by atoms with van der Waals surface area (Å²) in [7, 11) is 0. The minimum Gasteiger partial charge on any atom is -0.326 e. The van der Waals surface area contributed by atoms with Crippen LogP contribution >= 0.6 is 0 Å². The Kier molecular flexibility index (Phi) is 6.53. The summed E-state index contributed by atoms with van der Waals surface area (Å²) in [5.74, 6) is -5.11. The molecule has 154 valence electrons. The minimum atomic E-state index is -1.62. The van der Waals surface area contributed by atoms with E-state index in [1.807, 2.05) is 35.2 Å². The second-order valence-corrected chi connectivity index (χ2v) is 7.05. The number of hydrogen-bond acceptors (Lipinski definition) is 3. The summed E-state index contributed by atoms with van der Waals surface area (Å²) in [5.41, 5.74) is 0.333. The van der Waals surface area contributed by atoms with Crippen molar-refractivity contribution in [3.63, 3.8) is 0 Å². The molecule has 2 N–H and O–H groups in total. The molecule has 8 heteroatoms. The second-order valence-electron chi connectivity index (χ2n) is 7.05. The van der Waals surface area contributed by atoms with E-state index in [0.29, 0.717) is 25.9 Å². The molecule has 0 aliphatic carbocycles. The maximum absolute atomic E-state index is 13.8. The fraction of sp³-hybridized carbons (Fsp3) is 0.333. The van der Waals surface area contributed by atoms with Gasteiger partial charge in [0.05, 0.1) is 11.7 Å². The van der Waals surface area contributed by atoms with Crippen LogP contribution in [-0.4, -0.2) is 35.8 Å². The zero-order valence-corrected chi connectivity index (χ0v) is 15.9. The van der Waals surface area contributed by atoms with E-state index in [-0.39, 0.29) is 11.8 Å². The molecule has 0 unspecified atom stereocenters. The maximum atomic E-state index is 13.8. The van der Waals surface area contributed by atoms with E-state index in [1.54, 1.807) is 6.92 Å². The monoisotopic (exact) mass is 405 g/mol. The number of rotatable bonds is 5. The van der Waals surface area contributed by atoms with Gasteiger partial charge >= 0.3 is 0 Å². The molecular weight excluding hydrogens is 383 g/mol. The van der Waals surface area contributed by atoms with E-state index in [0.717, 1.165) is 17.8 Å². The Balaban J connectivity index is 1.53. The first kappa shape index (κ1) is 20.9. The van der Waals surface area contributed by atoms with Crippen LogP contribution in [0.5, 0.6) is 0 Å². The summed E-state index contributed by atoms with van der Waals surface area (Å²) >= 11 is 0. The van der Waals surface area contributed by atoms with Crippen LogP contribution in [0.15, 0.2) is 42.5 Å². The Hall–Kier alpha value is -2.87. The lowest BCUT2D eigenvalue weighted by Crippen LogP contribution is -2.47. The zero-order chi connectivity index (χ0) is 21.0. The fourth-order valence-corrected chi connectivity index (χ4v) is 3.34. The number of amides is 2. The topological polar surface area (TPSA) is 61.4 Å². The van der Waals surface area contributed by atoms with E-state index in [4.69, 9.17) is 0 Å². The molecule has 0 bridgehead atoms. The van der Waals surface area contributed by atoms with Gasteiger partial charge in [-0.25, -0.2) is 13.2 Å². The summed E-state index contributed by atoms with van der Waals surface area (Å²) < 4.78 is 40.1. The van der Waals surface area contributed by atoms with E-state index >= 15 is 0 Å². The van der Waals surface area contributed by atoms with E-state index in [2.05, 4.69) is 10.6 Å². The standard InChI is InChI=1S/C21H22F3N3O2/c1-13(20(28)26-17-8-7-16(22)18(23)19(17)24)27-11-9-14(10-12-27)21(29)25-15-5-3-2-4-6-15/h2-8,13-14H,9-12H2,1H3,(H,25,29)(H,26,28)/t13-/m1/s1. The van der Waals surface area contributed by atoms with Gasteiger partial charge in [-0.2, -0.15) is 0 Å². The van der Waals surface area contributed by atoms with Crippen LogP contribution in [-0.2, 0) is 9.59 Å². The number of benzene rings is 2. The van der Waals surface area contributed by atoms with Crippen LogP contribution in [0.3, 0.4) is 0 Å². The summed E-state index contributed by atoms with van der Waals surface area (Å²) in [5, 5.41) is 5.18. The first-order chi connectivity index (χ1) is 13.9. The van der Waals surface area contributed by atoms with Crippen molar-refractivity contribution in [2.45, 2.75) is 25.8 Å². The molecule has 1 aliphatic heterocycles. The molecule has 2 amide bonds. The third kappa shape index (κ3) is 4.95. The van der Waals surface area contributed by atoms with Gasteiger partial charge < -0.3 is 10.6 Å². The molecule has 1 atom stereocenters. The molecule has 2 aromatic rings. The van der Waals surface area contributed by atoms with Crippen LogP contribution < -0.4 is 10.6 Å². The molecule has 1 heterocycles. The number of nitrogens with one attached hydrogen (secondary N) is 2. The Morgan fingerprint density at radius 3 is 2.28 bits per heavy atom. The van der Waals surface area contributed by atoms with Crippen molar-refractivity contribution in [1.82, 2.24) is 4.90 Å². The number of anilines is 2. The predicted molar refractivity (Wildman–Crippen MR) is 104 cm³/mol. The van der Waals surface area contributed by atoms with Crippen molar-refractivity contribution in [2.24, 2.45) is 5.92 Å². The summed E-state index contributed by atoms with van der Waals surface area (Å²) in [6.07, 6.45) is 1.16. The van der Waals surface area contributed by atoms with E-state index in [9.17, 15) is 22.8 Å². The van der Waals surface area contributed by atoms with Crippen LogP contribution in [0.1, 0.15) is 19.8 Å². The molecule has 5 nitrogen and oxygen atoms in total. The highest BCUT2D eigenvalue weighted by Gasteiger charge is 2.30. The maximum Gasteiger partial charge on any atom is 0.241 e. The lowest BCUT2D eigenvalue weighted by Gasteiger charge is -2.34. The molecule has 0 radical (unpaired) electrons. The number of halogens is 3. The van der Waals surface area contributed by atoms with Crippen molar-refractivity contribution in [1.29, 1.82) is 0 Å². The van der Waals surface area contributed by atoms with Crippen molar-refractivity contribution in [3.8, 4) is 0 Å². The number of hydrogen-bond donors (Lipinski definition) is 2.